The van der Waals surface area contributed by atoms with Gasteiger partial charge in [-0.05, 0) is 48.5 Å². The number of nitrogens with zero attached hydrogens (tertiary/aromatic N) is 2. The van der Waals surface area contributed by atoms with Gasteiger partial charge in [0.05, 0.1) is 17.2 Å². The summed E-state index contributed by atoms with van der Waals surface area (Å²) >= 11 is 5.89. The van der Waals surface area contributed by atoms with E-state index in [2.05, 4.69) is 4.98 Å². The summed E-state index contributed by atoms with van der Waals surface area (Å²) in [6.45, 7) is 0. The molecule has 0 aliphatic heterocycles. The maximum atomic E-state index is 12.6. The zero-order chi connectivity index (χ0) is 17.3. The Bertz CT molecular complexity index is 947. The van der Waals surface area contributed by atoms with Gasteiger partial charge < -0.3 is 4.74 Å². The first-order valence-corrected chi connectivity index (χ1v) is 7.11. The summed E-state index contributed by atoms with van der Waals surface area (Å²) in [5, 5.41) is 9.90. The van der Waals surface area contributed by atoms with Gasteiger partial charge in [-0.1, -0.05) is 11.6 Å². The van der Waals surface area contributed by atoms with Gasteiger partial charge >= 0.3 is 6.18 Å². The van der Waals surface area contributed by atoms with Crippen LogP contribution >= 0.6 is 11.6 Å². The lowest BCUT2D eigenvalue weighted by molar-refractivity contribution is -0.137. The van der Waals surface area contributed by atoms with Gasteiger partial charge in [0.1, 0.15) is 16.4 Å². The van der Waals surface area contributed by atoms with E-state index in [-0.39, 0.29) is 10.9 Å². The van der Waals surface area contributed by atoms with Crippen molar-refractivity contribution < 1.29 is 17.9 Å². The topological polar surface area (TPSA) is 45.9 Å². The zero-order valence-corrected chi connectivity index (χ0v) is 12.7. The molecule has 0 atom stereocenters. The lowest BCUT2D eigenvalue weighted by Gasteiger charge is -2.11. The molecule has 3 nitrogen and oxygen atoms in total. The number of nitriles is 1. The Morgan fingerprint density at radius 2 is 1.71 bits per heavy atom. The summed E-state index contributed by atoms with van der Waals surface area (Å²) in [5.41, 5.74) is -0.00362. The van der Waals surface area contributed by atoms with Crippen molar-refractivity contribution in [3.63, 3.8) is 0 Å². The second kappa shape index (κ2) is 6.02. The Balaban J connectivity index is 2.02. The number of pyridine rings is 1. The highest BCUT2D eigenvalue weighted by Crippen LogP contribution is 2.34. The molecule has 0 saturated carbocycles. The number of aromatic nitrogens is 1. The number of hydrogen-bond acceptors (Lipinski definition) is 3. The van der Waals surface area contributed by atoms with Crippen LogP contribution in [0.3, 0.4) is 0 Å². The Hall–Kier alpha value is -2.78. The van der Waals surface area contributed by atoms with E-state index < -0.39 is 11.7 Å². The van der Waals surface area contributed by atoms with Crippen molar-refractivity contribution in [2.24, 2.45) is 0 Å². The molecule has 24 heavy (non-hydrogen) atoms. The van der Waals surface area contributed by atoms with Crippen molar-refractivity contribution in [2.75, 3.05) is 0 Å². The fourth-order valence-electron chi connectivity index (χ4n) is 2.19. The van der Waals surface area contributed by atoms with Crippen LogP contribution in [0.2, 0.25) is 5.15 Å². The average Bonchev–Trinajstić information content (AvgIpc) is 2.55. The molecular weight excluding hydrogens is 341 g/mol. The van der Waals surface area contributed by atoms with Crippen molar-refractivity contribution >= 4 is 22.5 Å². The molecule has 7 heteroatoms. The van der Waals surface area contributed by atoms with Gasteiger partial charge in [-0.25, -0.2) is 4.98 Å². The highest BCUT2D eigenvalue weighted by atomic mass is 35.5. The second-order valence-electron chi connectivity index (χ2n) is 4.88. The normalized spacial score (nSPS) is 11.3. The summed E-state index contributed by atoms with van der Waals surface area (Å²) in [6, 6.07) is 12.6. The number of halogens is 4. The number of benzene rings is 2. The monoisotopic (exact) mass is 348 g/mol. The van der Waals surface area contributed by atoms with Gasteiger partial charge in [0.15, 0.2) is 5.75 Å². The van der Waals surface area contributed by atoms with Gasteiger partial charge in [0, 0.05) is 5.39 Å². The van der Waals surface area contributed by atoms with Gasteiger partial charge in [-0.3, -0.25) is 0 Å². The van der Waals surface area contributed by atoms with Gasteiger partial charge in [-0.2, -0.15) is 18.4 Å². The van der Waals surface area contributed by atoms with E-state index in [0.29, 0.717) is 22.2 Å². The van der Waals surface area contributed by atoms with Gasteiger partial charge in [0.25, 0.3) is 0 Å². The van der Waals surface area contributed by atoms with Crippen LogP contribution in [0.15, 0.2) is 48.5 Å². The molecule has 1 aromatic heterocycles. The Morgan fingerprint density at radius 1 is 1.00 bits per heavy atom. The molecular formula is C17H8ClF3N2O. The minimum Gasteiger partial charge on any atom is -0.455 e. The molecule has 0 spiro atoms. The highest BCUT2D eigenvalue weighted by molar-refractivity contribution is 6.29. The van der Waals surface area contributed by atoms with Crippen molar-refractivity contribution in [1.82, 2.24) is 4.98 Å². The lowest BCUT2D eigenvalue weighted by atomic mass is 10.1. The Morgan fingerprint density at radius 3 is 2.33 bits per heavy atom. The van der Waals surface area contributed by atoms with Crippen LogP contribution in [0.1, 0.15) is 11.1 Å². The molecule has 0 radical (unpaired) electrons. The van der Waals surface area contributed by atoms with Crippen LogP contribution in [0, 0.1) is 11.3 Å². The van der Waals surface area contributed by atoms with E-state index in [1.54, 1.807) is 18.2 Å². The minimum atomic E-state index is -4.41. The molecule has 0 aliphatic rings. The van der Waals surface area contributed by atoms with Crippen LogP contribution in [-0.2, 0) is 6.18 Å². The molecule has 3 rings (SSSR count). The first-order chi connectivity index (χ1) is 11.4. The molecule has 0 aliphatic carbocycles. The summed E-state index contributed by atoms with van der Waals surface area (Å²) in [6.07, 6.45) is -4.41. The second-order valence-corrected chi connectivity index (χ2v) is 5.26. The summed E-state index contributed by atoms with van der Waals surface area (Å²) < 4.78 is 43.4. The highest BCUT2D eigenvalue weighted by Gasteiger charge is 2.30. The Labute approximate surface area is 139 Å². The van der Waals surface area contributed by atoms with Crippen molar-refractivity contribution in [1.29, 1.82) is 5.26 Å². The fraction of sp³-hybridized carbons (Fsp3) is 0.0588. The quantitative estimate of drug-likeness (QED) is 0.569. The molecule has 1 heterocycles. The van der Waals surface area contributed by atoms with Crippen LogP contribution in [0.25, 0.3) is 10.9 Å². The van der Waals surface area contributed by atoms with Crippen LogP contribution in [0.4, 0.5) is 13.2 Å². The van der Waals surface area contributed by atoms with Crippen LogP contribution in [-0.4, -0.2) is 4.98 Å². The molecule has 0 saturated heterocycles. The number of ether oxygens (including phenoxy) is 1. The number of alkyl halides is 3. The summed E-state index contributed by atoms with van der Waals surface area (Å²) in [5.74, 6) is 0.516. The Kier molecular flexibility index (Phi) is 4.04. The van der Waals surface area contributed by atoms with E-state index in [1.165, 1.54) is 18.2 Å². The molecule has 0 N–H and O–H groups in total. The minimum absolute atomic E-state index is 0.217. The first-order valence-electron chi connectivity index (χ1n) is 6.73. The largest absolute Gasteiger partial charge is 0.455 e. The predicted octanol–water partition coefficient (Wildman–Crippen LogP) is 5.57. The van der Waals surface area contributed by atoms with Crippen molar-refractivity contribution in [3.8, 4) is 17.6 Å². The van der Waals surface area contributed by atoms with Gasteiger partial charge in [-0.15, -0.1) is 0 Å². The molecule has 0 fully saturated rings. The van der Waals surface area contributed by atoms with E-state index in [9.17, 15) is 13.2 Å². The maximum absolute atomic E-state index is 12.6. The molecule has 3 aromatic rings. The third-order valence-corrected chi connectivity index (χ3v) is 3.53. The van der Waals surface area contributed by atoms with Crippen LogP contribution in [0.5, 0.6) is 11.5 Å². The number of hydrogen-bond donors (Lipinski definition) is 0. The van der Waals surface area contributed by atoms with Crippen molar-refractivity contribution in [3.05, 3.63) is 64.8 Å². The van der Waals surface area contributed by atoms with E-state index in [0.717, 1.165) is 12.1 Å². The third-order valence-electron chi connectivity index (χ3n) is 3.32. The predicted molar refractivity (Wildman–Crippen MR) is 83.0 cm³/mol. The number of fused-ring (bicyclic) bond motifs is 1. The van der Waals surface area contributed by atoms with Crippen LogP contribution < -0.4 is 4.74 Å². The summed E-state index contributed by atoms with van der Waals surface area (Å²) in [7, 11) is 0. The molecule has 0 unspecified atom stereocenters. The molecule has 120 valence electrons. The molecule has 2 aromatic carbocycles. The molecule has 0 amide bonds. The number of rotatable bonds is 2. The standard InChI is InChI=1S/C17H8ClF3N2O/c18-15-8-6-13-10(9-22)1-7-14(16(13)23-15)24-12-4-2-11(3-5-12)17(19,20)21/h1-8H. The first kappa shape index (κ1) is 16.1. The van der Waals surface area contributed by atoms with Crippen molar-refractivity contribution in [2.45, 2.75) is 6.18 Å². The third kappa shape index (κ3) is 3.12. The summed E-state index contributed by atoms with van der Waals surface area (Å²) in [4.78, 5) is 4.15. The zero-order valence-electron chi connectivity index (χ0n) is 11.9. The average molecular weight is 349 g/mol. The maximum Gasteiger partial charge on any atom is 0.416 e. The lowest BCUT2D eigenvalue weighted by Crippen LogP contribution is -2.04. The van der Waals surface area contributed by atoms with E-state index >= 15 is 0 Å². The fourth-order valence-corrected chi connectivity index (χ4v) is 2.33. The SMILES string of the molecule is N#Cc1ccc(Oc2ccc(C(F)(F)F)cc2)c2nc(Cl)ccc12. The van der Waals surface area contributed by atoms with E-state index in [1.807, 2.05) is 6.07 Å². The van der Waals surface area contributed by atoms with E-state index in [4.69, 9.17) is 21.6 Å². The van der Waals surface area contributed by atoms with Gasteiger partial charge in [0.2, 0.25) is 0 Å². The smallest absolute Gasteiger partial charge is 0.416 e. The molecule has 0 bridgehead atoms.